The standard InChI is InChI=1S/C16H13BrFNO/c17-13-6-5-11(15(18)7-13)8-19-9-12(10-20)14-3-1-2-4-16(14)19/h1-7,9,20H,8,10H2. The number of nitrogens with zero attached hydrogens (tertiary/aromatic N) is 1. The van der Waals surface area contributed by atoms with Crippen LogP contribution >= 0.6 is 15.9 Å². The van der Waals surface area contributed by atoms with Gasteiger partial charge < -0.3 is 9.67 Å². The van der Waals surface area contributed by atoms with Crippen molar-refractivity contribution in [3.05, 3.63) is 70.1 Å². The molecule has 0 fully saturated rings. The minimum atomic E-state index is -0.234. The number of para-hydroxylation sites is 1. The summed E-state index contributed by atoms with van der Waals surface area (Å²) in [5.41, 5.74) is 2.48. The van der Waals surface area contributed by atoms with E-state index in [4.69, 9.17) is 0 Å². The SMILES string of the molecule is OCc1cn(Cc2ccc(Br)cc2F)c2ccccc12. The Morgan fingerprint density at radius 3 is 2.65 bits per heavy atom. The predicted molar refractivity (Wildman–Crippen MR) is 81.1 cm³/mol. The molecule has 0 aliphatic carbocycles. The van der Waals surface area contributed by atoms with Crippen molar-refractivity contribution < 1.29 is 9.50 Å². The van der Waals surface area contributed by atoms with Crippen molar-refractivity contribution in [2.75, 3.05) is 0 Å². The minimum Gasteiger partial charge on any atom is -0.392 e. The Bertz CT molecular complexity index is 766. The topological polar surface area (TPSA) is 25.2 Å². The molecule has 0 spiro atoms. The van der Waals surface area contributed by atoms with E-state index < -0.39 is 0 Å². The van der Waals surface area contributed by atoms with E-state index in [0.29, 0.717) is 12.1 Å². The molecular weight excluding hydrogens is 321 g/mol. The average molecular weight is 334 g/mol. The van der Waals surface area contributed by atoms with Gasteiger partial charge in [0.05, 0.1) is 13.2 Å². The summed E-state index contributed by atoms with van der Waals surface area (Å²) in [6, 6.07) is 12.9. The third-order valence-electron chi connectivity index (χ3n) is 3.40. The zero-order valence-electron chi connectivity index (χ0n) is 10.7. The summed E-state index contributed by atoms with van der Waals surface area (Å²) in [5, 5.41) is 10.4. The normalized spacial score (nSPS) is 11.2. The molecule has 0 atom stereocenters. The largest absolute Gasteiger partial charge is 0.392 e. The Balaban J connectivity index is 2.06. The van der Waals surface area contributed by atoms with Crippen LogP contribution < -0.4 is 0 Å². The number of rotatable bonds is 3. The van der Waals surface area contributed by atoms with Crippen molar-refractivity contribution in [3.8, 4) is 0 Å². The van der Waals surface area contributed by atoms with Crippen LogP contribution in [-0.2, 0) is 13.2 Å². The second-order valence-electron chi connectivity index (χ2n) is 4.69. The van der Waals surface area contributed by atoms with Gasteiger partial charge in [-0.1, -0.05) is 40.2 Å². The summed E-state index contributed by atoms with van der Waals surface area (Å²) in [5.74, 6) is -0.234. The van der Waals surface area contributed by atoms with Gasteiger partial charge in [-0.15, -0.1) is 0 Å². The zero-order valence-corrected chi connectivity index (χ0v) is 12.3. The van der Waals surface area contributed by atoms with Crippen molar-refractivity contribution in [2.24, 2.45) is 0 Å². The van der Waals surface area contributed by atoms with E-state index in [1.807, 2.05) is 41.1 Å². The van der Waals surface area contributed by atoms with Crippen molar-refractivity contribution >= 4 is 26.8 Å². The van der Waals surface area contributed by atoms with Gasteiger partial charge in [0.25, 0.3) is 0 Å². The molecule has 0 bridgehead atoms. The van der Waals surface area contributed by atoms with Crippen LogP contribution in [0.3, 0.4) is 0 Å². The third-order valence-corrected chi connectivity index (χ3v) is 3.89. The molecule has 3 aromatic rings. The fourth-order valence-electron chi connectivity index (χ4n) is 2.41. The first-order valence-electron chi connectivity index (χ1n) is 6.30. The quantitative estimate of drug-likeness (QED) is 0.767. The van der Waals surface area contributed by atoms with Crippen LogP contribution in [0.25, 0.3) is 10.9 Å². The van der Waals surface area contributed by atoms with Gasteiger partial charge in [-0.2, -0.15) is 0 Å². The molecule has 102 valence electrons. The maximum Gasteiger partial charge on any atom is 0.129 e. The average Bonchev–Trinajstić information content (AvgIpc) is 2.80. The first-order chi connectivity index (χ1) is 9.69. The predicted octanol–water partition coefficient (Wildman–Crippen LogP) is 4.08. The van der Waals surface area contributed by atoms with Gasteiger partial charge in [0.1, 0.15) is 5.82 Å². The molecular formula is C16H13BrFNO. The molecule has 2 nitrogen and oxygen atoms in total. The third kappa shape index (κ3) is 2.37. The lowest BCUT2D eigenvalue weighted by Gasteiger charge is -2.07. The number of halogens is 2. The number of aliphatic hydroxyl groups excluding tert-OH is 1. The van der Waals surface area contributed by atoms with Crippen LogP contribution in [0.4, 0.5) is 4.39 Å². The molecule has 0 aliphatic rings. The number of hydrogen-bond donors (Lipinski definition) is 1. The number of hydrogen-bond acceptors (Lipinski definition) is 1. The summed E-state index contributed by atoms with van der Waals surface area (Å²) >= 11 is 3.26. The van der Waals surface area contributed by atoms with Crippen LogP contribution in [0.5, 0.6) is 0 Å². The first kappa shape index (κ1) is 13.3. The van der Waals surface area contributed by atoms with Crippen LogP contribution in [0.1, 0.15) is 11.1 Å². The van der Waals surface area contributed by atoms with Gasteiger partial charge in [0.15, 0.2) is 0 Å². The number of fused-ring (bicyclic) bond motifs is 1. The van der Waals surface area contributed by atoms with Crippen molar-refractivity contribution in [3.63, 3.8) is 0 Å². The van der Waals surface area contributed by atoms with E-state index in [0.717, 1.165) is 20.9 Å². The lowest BCUT2D eigenvalue weighted by molar-refractivity contribution is 0.283. The fourth-order valence-corrected chi connectivity index (χ4v) is 2.75. The summed E-state index contributed by atoms with van der Waals surface area (Å²) in [4.78, 5) is 0. The highest BCUT2D eigenvalue weighted by Gasteiger charge is 2.09. The molecule has 0 saturated carbocycles. The molecule has 0 radical (unpaired) electrons. The van der Waals surface area contributed by atoms with E-state index in [1.54, 1.807) is 6.07 Å². The van der Waals surface area contributed by atoms with Crippen LogP contribution in [0, 0.1) is 5.82 Å². The monoisotopic (exact) mass is 333 g/mol. The second kappa shape index (κ2) is 5.38. The second-order valence-corrected chi connectivity index (χ2v) is 5.61. The molecule has 0 unspecified atom stereocenters. The van der Waals surface area contributed by atoms with E-state index in [2.05, 4.69) is 15.9 Å². The van der Waals surface area contributed by atoms with E-state index in [1.165, 1.54) is 6.07 Å². The van der Waals surface area contributed by atoms with Crippen molar-refractivity contribution in [1.29, 1.82) is 0 Å². The molecule has 1 heterocycles. The number of benzene rings is 2. The van der Waals surface area contributed by atoms with E-state index >= 15 is 0 Å². The summed E-state index contributed by atoms with van der Waals surface area (Å²) in [6.07, 6.45) is 1.88. The molecule has 0 aliphatic heterocycles. The van der Waals surface area contributed by atoms with E-state index in [9.17, 15) is 9.50 Å². The van der Waals surface area contributed by atoms with E-state index in [-0.39, 0.29) is 12.4 Å². The molecule has 1 aromatic heterocycles. The highest BCUT2D eigenvalue weighted by molar-refractivity contribution is 9.10. The number of aliphatic hydroxyl groups is 1. The minimum absolute atomic E-state index is 0.0175. The van der Waals surface area contributed by atoms with Gasteiger partial charge in [-0.05, 0) is 18.2 Å². The van der Waals surface area contributed by atoms with Gasteiger partial charge in [-0.3, -0.25) is 0 Å². The Morgan fingerprint density at radius 1 is 1.10 bits per heavy atom. The first-order valence-corrected chi connectivity index (χ1v) is 7.10. The van der Waals surface area contributed by atoms with Crippen molar-refractivity contribution in [1.82, 2.24) is 4.57 Å². The lowest BCUT2D eigenvalue weighted by Crippen LogP contribution is -2.00. The molecule has 4 heteroatoms. The molecule has 1 N–H and O–H groups in total. The summed E-state index contributed by atoms with van der Waals surface area (Å²) < 4.78 is 16.6. The molecule has 0 amide bonds. The Morgan fingerprint density at radius 2 is 1.90 bits per heavy atom. The molecule has 2 aromatic carbocycles. The zero-order chi connectivity index (χ0) is 14.1. The van der Waals surface area contributed by atoms with Gasteiger partial charge in [0, 0.05) is 32.7 Å². The maximum absolute atomic E-state index is 13.9. The van der Waals surface area contributed by atoms with Gasteiger partial charge >= 0.3 is 0 Å². The van der Waals surface area contributed by atoms with Crippen LogP contribution in [0.15, 0.2) is 53.1 Å². The Kier molecular flexibility index (Phi) is 3.59. The molecule has 20 heavy (non-hydrogen) atoms. The van der Waals surface area contributed by atoms with Crippen LogP contribution in [-0.4, -0.2) is 9.67 Å². The van der Waals surface area contributed by atoms with Crippen LogP contribution in [0.2, 0.25) is 0 Å². The summed E-state index contributed by atoms with van der Waals surface area (Å²) in [7, 11) is 0. The number of aromatic nitrogens is 1. The highest BCUT2D eigenvalue weighted by Crippen LogP contribution is 2.23. The Hall–Kier alpha value is -1.65. The highest BCUT2D eigenvalue weighted by atomic mass is 79.9. The smallest absolute Gasteiger partial charge is 0.129 e. The Labute approximate surface area is 124 Å². The maximum atomic E-state index is 13.9. The molecule has 3 rings (SSSR count). The molecule has 0 saturated heterocycles. The summed E-state index contributed by atoms with van der Waals surface area (Å²) in [6.45, 7) is 0.427. The van der Waals surface area contributed by atoms with Crippen molar-refractivity contribution in [2.45, 2.75) is 13.2 Å². The van der Waals surface area contributed by atoms with Gasteiger partial charge in [-0.25, -0.2) is 4.39 Å². The van der Waals surface area contributed by atoms with Gasteiger partial charge in [0.2, 0.25) is 0 Å². The fraction of sp³-hybridized carbons (Fsp3) is 0.125. The lowest BCUT2D eigenvalue weighted by atomic mass is 10.2.